The minimum Gasteiger partial charge on any atom is -0.504 e. The number of carboxylic acid groups (broad SMARTS) is 1. The van der Waals surface area contributed by atoms with Crippen LogP contribution in [0.5, 0.6) is 11.5 Å². The fourth-order valence-electron chi connectivity index (χ4n) is 2.50. The molecule has 2 amide bonds. The van der Waals surface area contributed by atoms with Crippen molar-refractivity contribution in [3.63, 3.8) is 0 Å². The van der Waals surface area contributed by atoms with Crippen molar-refractivity contribution in [1.29, 1.82) is 0 Å². The van der Waals surface area contributed by atoms with Crippen LogP contribution in [0.2, 0.25) is 0 Å². The van der Waals surface area contributed by atoms with E-state index in [1.807, 2.05) is 0 Å². The Bertz CT molecular complexity index is 630. The molecule has 0 radical (unpaired) electrons. The second kappa shape index (κ2) is 6.99. The molecule has 2 rings (SSSR count). The topological polar surface area (TPSA) is 127 Å². The molecule has 1 heterocycles. The molecule has 0 bridgehead atoms. The van der Waals surface area contributed by atoms with E-state index in [9.17, 15) is 24.6 Å². The van der Waals surface area contributed by atoms with Crippen molar-refractivity contribution in [2.75, 3.05) is 13.1 Å². The summed E-state index contributed by atoms with van der Waals surface area (Å²) in [5.41, 5.74) is 0.582. The van der Waals surface area contributed by atoms with E-state index in [0.717, 1.165) is 0 Å². The van der Waals surface area contributed by atoms with Gasteiger partial charge >= 0.3 is 5.97 Å². The number of hydrogen-bond acceptors (Lipinski definition) is 5. The van der Waals surface area contributed by atoms with Crippen LogP contribution in [-0.2, 0) is 20.8 Å². The van der Waals surface area contributed by atoms with Crippen molar-refractivity contribution in [3.05, 3.63) is 23.8 Å². The Morgan fingerprint density at radius 3 is 2.65 bits per heavy atom. The maximum Gasteiger partial charge on any atom is 0.303 e. The van der Waals surface area contributed by atoms with Gasteiger partial charge in [0, 0.05) is 19.4 Å². The maximum absolute atomic E-state index is 12.1. The van der Waals surface area contributed by atoms with Gasteiger partial charge in [-0.3, -0.25) is 14.4 Å². The Morgan fingerprint density at radius 2 is 2.00 bits per heavy atom. The minimum atomic E-state index is -0.959. The number of amides is 2. The van der Waals surface area contributed by atoms with Crippen molar-refractivity contribution in [2.24, 2.45) is 0 Å². The summed E-state index contributed by atoms with van der Waals surface area (Å²) in [4.78, 5) is 36.0. The normalized spacial score (nSPS) is 17.9. The lowest BCUT2D eigenvalue weighted by Crippen LogP contribution is -2.59. The second-order valence-corrected chi connectivity index (χ2v) is 5.35. The van der Waals surface area contributed by atoms with Gasteiger partial charge in [0.2, 0.25) is 11.8 Å². The van der Waals surface area contributed by atoms with Gasteiger partial charge in [0.15, 0.2) is 11.5 Å². The molecule has 1 aromatic rings. The number of carbonyl (C=O) groups is 3. The molecule has 124 valence electrons. The van der Waals surface area contributed by atoms with Crippen molar-refractivity contribution >= 4 is 17.8 Å². The molecular weight excluding hydrogens is 304 g/mol. The van der Waals surface area contributed by atoms with Gasteiger partial charge in [-0.1, -0.05) is 6.07 Å². The van der Waals surface area contributed by atoms with E-state index in [0.29, 0.717) is 5.56 Å². The lowest BCUT2D eigenvalue weighted by molar-refractivity contribution is -0.146. The average Bonchev–Trinajstić information content (AvgIpc) is 2.49. The summed E-state index contributed by atoms with van der Waals surface area (Å²) in [5, 5.41) is 30.0. The summed E-state index contributed by atoms with van der Waals surface area (Å²) < 4.78 is 0. The number of nitrogens with one attached hydrogen (secondary N) is 1. The molecule has 1 atom stereocenters. The fraction of sp³-hybridized carbons (Fsp3) is 0.400. The first-order valence-corrected chi connectivity index (χ1v) is 7.18. The van der Waals surface area contributed by atoms with Gasteiger partial charge in [-0.15, -0.1) is 0 Å². The Labute approximate surface area is 132 Å². The number of aromatic hydroxyl groups is 2. The summed E-state index contributed by atoms with van der Waals surface area (Å²) in [6.45, 7) is 0.0660. The van der Waals surface area contributed by atoms with Crippen molar-refractivity contribution in [3.8, 4) is 11.5 Å². The Hall–Kier alpha value is -2.77. The molecule has 8 heteroatoms. The zero-order valence-electron chi connectivity index (χ0n) is 12.4. The molecule has 4 N–H and O–H groups in total. The van der Waals surface area contributed by atoms with Crippen LogP contribution < -0.4 is 5.32 Å². The van der Waals surface area contributed by atoms with Crippen molar-refractivity contribution in [2.45, 2.75) is 25.3 Å². The third-order valence-corrected chi connectivity index (χ3v) is 3.67. The number of rotatable bonds is 6. The summed E-state index contributed by atoms with van der Waals surface area (Å²) in [5.74, 6) is -2.13. The molecule has 1 saturated heterocycles. The van der Waals surface area contributed by atoms with E-state index in [2.05, 4.69) is 5.32 Å². The third kappa shape index (κ3) is 4.12. The number of piperazine rings is 1. The van der Waals surface area contributed by atoms with Crippen LogP contribution in [0.4, 0.5) is 0 Å². The largest absolute Gasteiger partial charge is 0.504 e. The van der Waals surface area contributed by atoms with Crippen LogP contribution >= 0.6 is 0 Å². The van der Waals surface area contributed by atoms with Gasteiger partial charge < -0.3 is 25.5 Å². The van der Waals surface area contributed by atoms with Gasteiger partial charge in [0.05, 0.1) is 6.54 Å². The maximum atomic E-state index is 12.1. The quantitative estimate of drug-likeness (QED) is 0.539. The van der Waals surface area contributed by atoms with E-state index in [-0.39, 0.29) is 55.7 Å². The minimum absolute atomic E-state index is 0.0852. The van der Waals surface area contributed by atoms with Crippen LogP contribution in [0.3, 0.4) is 0 Å². The van der Waals surface area contributed by atoms with Crippen molar-refractivity contribution in [1.82, 2.24) is 10.2 Å². The number of carboxylic acids is 1. The van der Waals surface area contributed by atoms with Gasteiger partial charge in [0.25, 0.3) is 0 Å². The smallest absolute Gasteiger partial charge is 0.303 e. The zero-order chi connectivity index (χ0) is 17.0. The van der Waals surface area contributed by atoms with Crippen molar-refractivity contribution < 1.29 is 29.7 Å². The molecule has 1 aromatic carbocycles. The Balaban J connectivity index is 2.12. The number of aliphatic carboxylic acids is 1. The number of benzene rings is 1. The predicted octanol–water partition coefficient (Wildman–Crippen LogP) is -0.168. The molecule has 8 nitrogen and oxygen atoms in total. The lowest BCUT2D eigenvalue weighted by atomic mass is 10.0. The van der Waals surface area contributed by atoms with Crippen LogP contribution in [0.1, 0.15) is 18.4 Å². The summed E-state index contributed by atoms with van der Waals surface area (Å²) >= 11 is 0. The first-order valence-electron chi connectivity index (χ1n) is 7.18. The van der Waals surface area contributed by atoms with Crippen LogP contribution in [0.15, 0.2) is 18.2 Å². The molecule has 0 saturated carbocycles. The van der Waals surface area contributed by atoms with E-state index in [4.69, 9.17) is 5.11 Å². The molecule has 0 aromatic heterocycles. The lowest BCUT2D eigenvalue weighted by Gasteiger charge is -2.35. The van der Waals surface area contributed by atoms with E-state index >= 15 is 0 Å². The van der Waals surface area contributed by atoms with Crippen LogP contribution in [-0.4, -0.2) is 57.1 Å². The number of hydrogen-bond donors (Lipinski definition) is 4. The highest BCUT2D eigenvalue weighted by molar-refractivity contribution is 5.95. The zero-order valence-corrected chi connectivity index (χ0v) is 12.4. The molecule has 1 aliphatic heterocycles. The Morgan fingerprint density at radius 1 is 1.26 bits per heavy atom. The molecule has 1 aliphatic rings. The Kier molecular flexibility index (Phi) is 5.05. The molecular formula is C15H18N2O6. The molecule has 0 aliphatic carbocycles. The van der Waals surface area contributed by atoms with Gasteiger partial charge in [0.1, 0.15) is 6.04 Å². The number of nitrogens with zero attached hydrogens (tertiary/aromatic N) is 1. The first kappa shape index (κ1) is 16.6. The van der Waals surface area contributed by atoms with E-state index in [1.165, 1.54) is 17.0 Å². The van der Waals surface area contributed by atoms with E-state index < -0.39 is 12.0 Å². The summed E-state index contributed by atoms with van der Waals surface area (Å²) in [6.07, 6.45) is 0.336. The number of phenolic OH excluding ortho intramolecular Hbond substituents is 2. The number of carbonyl (C=O) groups excluding carboxylic acids is 2. The van der Waals surface area contributed by atoms with Crippen LogP contribution in [0, 0.1) is 0 Å². The number of phenols is 2. The molecule has 0 spiro atoms. The fourth-order valence-corrected chi connectivity index (χ4v) is 2.50. The SMILES string of the molecule is O=C(O)CCCN1C(=O)CNC(=O)C1Cc1ccc(O)c(O)c1. The highest BCUT2D eigenvalue weighted by Crippen LogP contribution is 2.26. The van der Waals surface area contributed by atoms with Gasteiger partial charge in [-0.25, -0.2) is 0 Å². The van der Waals surface area contributed by atoms with Gasteiger partial charge in [-0.05, 0) is 24.1 Å². The molecule has 23 heavy (non-hydrogen) atoms. The second-order valence-electron chi connectivity index (χ2n) is 5.35. The molecule has 1 fully saturated rings. The molecule has 1 unspecified atom stereocenters. The monoisotopic (exact) mass is 322 g/mol. The summed E-state index contributed by atoms with van der Waals surface area (Å²) in [7, 11) is 0. The van der Waals surface area contributed by atoms with Crippen LogP contribution in [0.25, 0.3) is 0 Å². The predicted molar refractivity (Wildman–Crippen MR) is 78.9 cm³/mol. The average molecular weight is 322 g/mol. The highest BCUT2D eigenvalue weighted by atomic mass is 16.4. The van der Waals surface area contributed by atoms with Gasteiger partial charge in [-0.2, -0.15) is 0 Å². The van der Waals surface area contributed by atoms with E-state index in [1.54, 1.807) is 6.07 Å². The summed E-state index contributed by atoms with van der Waals surface area (Å²) in [6, 6.07) is 3.42. The highest BCUT2D eigenvalue weighted by Gasteiger charge is 2.34. The third-order valence-electron chi connectivity index (χ3n) is 3.67. The first-order chi connectivity index (χ1) is 10.9. The standard InChI is InChI=1S/C15H18N2O6/c18-11-4-3-9(7-12(11)19)6-10-15(23)16-8-13(20)17(10)5-1-2-14(21)22/h3-4,7,10,18-19H,1-2,5-6,8H2,(H,16,23)(H,21,22).